The van der Waals surface area contributed by atoms with Crippen LogP contribution >= 0.6 is 0 Å². The molecule has 0 heterocycles. The van der Waals surface area contributed by atoms with Crippen LogP contribution in [0.15, 0.2) is 0 Å². The normalized spacial score (nSPS) is 26.6. The van der Waals surface area contributed by atoms with Crippen LogP contribution in [0.1, 0.15) is 25.7 Å². The molecule has 0 atom stereocenters. The van der Waals surface area contributed by atoms with E-state index in [0.717, 1.165) is 19.3 Å². The Labute approximate surface area is 78.8 Å². The third-order valence-corrected chi connectivity index (χ3v) is 2.40. The molecule has 0 aromatic heterocycles. The van der Waals surface area contributed by atoms with E-state index in [2.05, 4.69) is 5.32 Å². The van der Waals surface area contributed by atoms with Crippen LogP contribution in [-0.4, -0.2) is 31.7 Å². The van der Waals surface area contributed by atoms with Crippen molar-refractivity contribution in [3.8, 4) is 0 Å². The SMILES string of the molecule is COC1CC(NC(=O)CCCN)C1. The average Bonchev–Trinajstić information content (AvgIpc) is 2.07. The van der Waals surface area contributed by atoms with Crippen molar-refractivity contribution in [2.75, 3.05) is 13.7 Å². The van der Waals surface area contributed by atoms with Crippen LogP contribution in [-0.2, 0) is 9.53 Å². The number of nitrogens with one attached hydrogen (secondary N) is 1. The summed E-state index contributed by atoms with van der Waals surface area (Å²) in [5.74, 6) is 0.116. The Hall–Kier alpha value is -0.610. The fourth-order valence-electron chi connectivity index (χ4n) is 1.44. The monoisotopic (exact) mass is 186 g/mol. The minimum absolute atomic E-state index is 0.116. The molecular formula is C9H18N2O2. The Morgan fingerprint density at radius 1 is 1.62 bits per heavy atom. The van der Waals surface area contributed by atoms with Gasteiger partial charge in [-0.3, -0.25) is 4.79 Å². The average molecular weight is 186 g/mol. The lowest BCUT2D eigenvalue weighted by atomic mass is 9.89. The fraction of sp³-hybridized carbons (Fsp3) is 0.889. The minimum Gasteiger partial charge on any atom is -0.381 e. The van der Waals surface area contributed by atoms with Crippen LogP contribution in [0.3, 0.4) is 0 Å². The van der Waals surface area contributed by atoms with Gasteiger partial charge in [0, 0.05) is 19.6 Å². The van der Waals surface area contributed by atoms with Crippen LogP contribution in [0.5, 0.6) is 0 Å². The number of methoxy groups -OCH3 is 1. The molecule has 1 amide bonds. The molecule has 1 aliphatic rings. The molecule has 4 nitrogen and oxygen atoms in total. The van der Waals surface area contributed by atoms with Gasteiger partial charge in [0.15, 0.2) is 0 Å². The van der Waals surface area contributed by atoms with Crippen molar-refractivity contribution >= 4 is 5.91 Å². The number of amides is 1. The smallest absolute Gasteiger partial charge is 0.220 e. The van der Waals surface area contributed by atoms with E-state index in [-0.39, 0.29) is 5.91 Å². The molecule has 3 N–H and O–H groups in total. The second-order valence-electron chi connectivity index (χ2n) is 3.49. The Kier molecular flexibility index (Phi) is 4.18. The predicted molar refractivity (Wildman–Crippen MR) is 50.3 cm³/mol. The lowest BCUT2D eigenvalue weighted by Crippen LogP contribution is -2.47. The van der Waals surface area contributed by atoms with Crippen molar-refractivity contribution in [2.45, 2.75) is 37.8 Å². The molecule has 0 bridgehead atoms. The molecule has 76 valence electrons. The molecule has 1 fully saturated rings. The number of rotatable bonds is 5. The predicted octanol–water partition coefficient (Wildman–Crippen LogP) is 0.0189. The molecule has 0 unspecified atom stereocenters. The molecule has 4 heteroatoms. The van der Waals surface area contributed by atoms with Gasteiger partial charge < -0.3 is 15.8 Å². The number of nitrogens with two attached hydrogens (primary N) is 1. The molecular weight excluding hydrogens is 168 g/mol. The molecule has 0 aromatic rings. The van der Waals surface area contributed by atoms with Gasteiger partial charge in [-0.25, -0.2) is 0 Å². The van der Waals surface area contributed by atoms with Crippen molar-refractivity contribution < 1.29 is 9.53 Å². The molecule has 1 rings (SSSR count). The van der Waals surface area contributed by atoms with Gasteiger partial charge in [-0.05, 0) is 25.8 Å². The van der Waals surface area contributed by atoms with Crippen LogP contribution in [0, 0.1) is 0 Å². The highest BCUT2D eigenvalue weighted by atomic mass is 16.5. The summed E-state index contributed by atoms with van der Waals surface area (Å²) < 4.78 is 5.11. The lowest BCUT2D eigenvalue weighted by molar-refractivity contribution is -0.123. The Morgan fingerprint density at radius 2 is 2.31 bits per heavy atom. The number of hydrogen-bond donors (Lipinski definition) is 2. The van der Waals surface area contributed by atoms with Gasteiger partial charge in [-0.2, -0.15) is 0 Å². The van der Waals surface area contributed by atoms with Crippen molar-refractivity contribution in [3.63, 3.8) is 0 Å². The summed E-state index contributed by atoms with van der Waals surface area (Å²) in [5, 5.41) is 2.94. The molecule has 13 heavy (non-hydrogen) atoms. The zero-order chi connectivity index (χ0) is 9.68. The Morgan fingerprint density at radius 3 is 2.85 bits per heavy atom. The van der Waals surface area contributed by atoms with E-state index >= 15 is 0 Å². The molecule has 0 aliphatic heterocycles. The Bertz CT molecular complexity index is 167. The van der Waals surface area contributed by atoms with E-state index in [4.69, 9.17) is 10.5 Å². The minimum atomic E-state index is 0.116. The van der Waals surface area contributed by atoms with E-state index in [1.54, 1.807) is 7.11 Å². The van der Waals surface area contributed by atoms with Crippen molar-refractivity contribution in [1.82, 2.24) is 5.32 Å². The van der Waals surface area contributed by atoms with Crippen molar-refractivity contribution in [3.05, 3.63) is 0 Å². The van der Waals surface area contributed by atoms with E-state index in [1.165, 1.54) is 0 Å². The quantitative estimate of drug-likeness (QED) is 0.636. The molecule has 0 spiro atoms. The van der Waals surface area contributed by atoms with Crippen LogP contribution < -0.4 is 11.1 Å². The number of hydrogen-bond acceptors (Lipinski definition) is 3. The molecule has 0 radical (unpaired) electrons. The fourth-order valence-corrected chi connectivity index (χ4v) is 1.44. The third-order valence-electron chi connectivity index (χ3n) is 2.40. The summed E-state index contributed by atoms with van der Waals surface area (Å²) in [6.45, 7) is 0.582. The largest absolute Gasteiger partial charge is 0.381 e. The summed E-state index contributed by atoms with van der Waals surface area (Å²) >= 11 is 0. The van der Waals surface area contributed by atoms with Crippen molar-refractivity contribution in [1.29, 1.82) is 0 Å². The molecule has 0 aromatic carbocycles. The summed E-state index contributed by atoms with van der Waals surface area (Å²) in [6.07, 6.45) is 3.56. The first-order valence-corrected chi connectivity index (χ1v) is 4.78. The second kappa shape index (κ2) is 5.19. The lowest BCUT2D eigenvalue weighted by Gasteiger charge is -2.34. The highest BCUT2D eigenvalue weighted by molar-refractivity contribution is 5.76. The van der Waals surface area contributed by atoms with Gasteiger partial charge in [0.1, 0.15) is 0 Å². The van der Waals surface area contributed by atoms with E-state index in [0.29, 0.717) is 25.1 Å². The number of ether oxygens (including phenoxy) is 1. The molecule has 1 saturated carbocycles. The standard InChI is InChI=1S/C9H18N2O2/c1-13-8-5-7(6-8)11-9(12)3-2-4-10/h7-8H,2-6,10H2,1H3,(H,11,12). The van der Waals surface area contributed by atoms with E-state index < -0.39 is 0 Å². The summed E-state index contributed by atoms with van der Waals surface area (Å²) in [7, 11) is 1.71. The molecule has 0 saturated heterocycles. The zero-order valence-electron chi connectivity index (χ0n) is 8.08. The van der Waals surface area contributed by atoms with Crippen molar-refractivity contribution in [2.24, 2.45) is 5.73 Å². The maximum absolute atomic E-state index is 11.2. The van der Waals surface area contributed by atoms with Gasteiger partial charge in [-0.1, -0.05) is 0 Å². The van der Waals surface area contributed by atoms with Gasteiger partial charge in [-0.15, -0.1) is 0 Å². The van der Waals surface area contributed by atoms with Crippen LogP contribution in [0.25, 0.3) is 0 Å². The number of carbonyl (C=O) groups excluding carboxylic acids is 1. The van der Waals surface area contributed by atoms with Gasteiger partial charge in [0.2, 0.25) is 5.91 Å². The van der Waals surface area contributed by atoms with Gasteiger partial charge in [0.05, 0.1) is 6.10 Å². The maximum atomic E-state index is 11.2. The van der Waals surface area contributed by atoms with Gasteiger partial charge in [0.25, 0.3) is 0 Å². The highest BCUT2D eigenvalue weighted by Crippen LogP contribution is 2.22. The third kappa shape index (κ3) is 3.32. The summed E-state index contributed by atoms with van der Waals surface area (Å²) in [4.78, 5) is 11.2. The zero-order valence-corrected chi connectivity index (χ0v) is 8.08. The van der Waals surface area contributed by atoms with E-state index in [1.807, 2.05) is 0 Å². The first kappa shape index (κ1) is 10.5. The maximum Gasteiger partial charge on any atom is 0.220 e. The van der Waals surface area contributed by atoms with Crippen LogP contribution in [0.4, 0.5) is 0 Å². The van der Waals surface area contributed by atoms with E-state index in [9.17, 15) is 4.79 Å². The second-order valence-corrected chi connectivity index (χ2v) is 3.49. The highest BCUT2D eigenvalue weighted by Gasteiger charge is 2.29. The first-order chi connectivity index (χ1) is 6.26. The Balaban J connectivity index is 2.03. The summed E-state index contributed by atoms with van der Waals surface area (Å²) in [6, 6.07) is 0.329. The first-order valence-electron chi connectivity index (χ1n) is 4.78. The summed E-state index contributed by atoms with van der Waals surface area (Å²) in [5.41, 5.74) is 5.30. The number of carbonyl (C=O) groups is 1. The topological polar surface area (TPSA) is 64.3 Å². The van der Waals surface area contributed by atoms with Crippen LogP contribution in [0.2, 0.25) is 0 Å². The molecule has 1 aliphatic carbocycles. The van der Waals surface area contributed by atoms with Gasteiger partial charge >= 0.3 is 0 Å².